The van der Waals surface area contributed by atoms with E-state index in [2.05, 4.69) is 25.7 Å². The predicted molar refractivity (Wildman–Crippen MR) is 127 cm³/mol. The molecule has 5 heteroatoms. The normalized spacial score (nSPS) is 17.0. The first-order valence-electron chi connectivity index (χ1n) is 11.7. The minimum Gasteiger partial charge on any atom is -0.493 e. The van der Waals surface area contributed by atoms with Gasteiger partial charge in [0.25, 0.3) is 11.8 Å². The molecular weight excluding hydrogens is 400 g/mol. The van der Waals surface area contributed by atoms with Gasteiger partial charge in [0.05, 0.1) is 17.9 Å². The zero-order valence-electron chi connectivity index (χ0n) is 19.3. The van der Waals surface area contributed by atoms with Crippen LogP contribution < -0.4 is 9.64 Å². The van der Waals surface area contributed by atoms with Gasteiger partial charge < -0.3 is 9.64 Å². The monoisotopic (exact) mass is 432 g/mol. The van der Waals surface area contributed by atoms with Crippen LogP contribution in [-0.4, -0.2) is 36.4 Å². The number of anilines is 1. The summed E-state index contributed by atoms with van der Waals surface area (Å²) in [6.07, 6.45) is 4.14. The van der Waals surface area contributed by atoms with E-state index in [0.717, 1.165) is 50.1 Å². The molecule has 2 amide bonds. The van der Waals surface area contributed by atoms with Gasteiger partial charge in [-0.1, -0.05) is 45.0 Å². The van der Waals surface area contributed by atoms with Crippen LogP contribution in [0.1, 0.15) is 51.2 Å². The maximum Gasteiger partial charge on any atom is 0.282 e. The molecule has 32 heavy (non-hydrogen) atoms. The maximum absolute atomic E-state index is 13.6. The van der Waals surface area contributed by atoms with Crippen LogP contribution in [0.5, 0.6) is 5.75 Å². The Bertz CT molecular complexity index is 1000. The number of hydrogen-bond donors (Lipinski definition) is 0. The Labute approximate surface area is 190 Å². The van der Waals surface area contributed by atoms with Crippen molar-refractivity contribution in [2.24, 2.45) is 5.92 Å². The third-order valence-corrected chi connectivity index (χ3v) is 6.06. The van der Waals surface area contributed by atoms with Crippen LogP contribution in [-0.2, 0) is 16.0 Å². The number of aryl methyl sites for hydroxylation is 1. The van der Waals surface area contributed by atoms with E-state index in [9.17, 15) is 9.59 Å². The van der Waals surface area contributed by atoms with Crippen LogP contribution >= 0.6 is 0 Å². The van der Waals surface area contributed by atoms with Crippen molar-refractivity contribution in [3.8, 4) is 5.75 Å². The highest BCUT2D eigenvalue weighted by Crippen LogP contribution is 2.36. The number of likely N-dealkylation sites (tertiary alicyclic amines) is 1. The third kappa shape index (κ3) is 4.43. The van der Waals surface area contributed by atoms with Gasteiger partial charge in [-0.2, -0.15) is 0 Å². The molecule has 0 bridgehead atoms. The van der Waals surface area contributed by atoms with E-state index in [4.69, 9.17) is 4.74 Å². The average molecular weight is 433 g/mol. The van der Waals surface area contributed by atoms with Crippen molar-refractivity contribution in [2.45, 2.75) is 46.5 Å². The minimum atomic E-state index is -0.254. The third-order valence-electron chi connectivity index (χ3n) is 6.06. The summed E-state index contributed by atoms with van der Waals surface area (Å²) in [6.45, 7) is 8.54. The summed E-state index contributed by atoms with van der Waals surface area (Å²) in [5.41, 5.74) is 3.58. The molecule has 0 aromatic heterocycles. The van der Waals surface area contributed by atoms with Crippen molar-refractivity contribution in [2.75, 3.05) is 24.6 Å². The quantitative estimate of drug-likeness (QED) is 0.574. The maximum atomic E-state index is 13.6. The summed E-state index contributed by atoms with van der Waals surface area (Å²) in [6, 6.07) is 15.3. The zero-order valence-corrected chi connectivity index (χ0v) is 19.3. The average Bonchev–Trinajstić information content (AvgIpc) is 3.08. The Hall–Kier alpha value is -3.08. The highest BCUT2D eigenvalue weighted by atomic mass is 16.5. The van der Waals surface area contributed by atoms with Gasteiger partial charge in [-0.3, -0.25) is 9.59 Å². The van der Waals surface area contributed by atoms with Crippen molar-refractivity contribution in [3.05, 3.63) is 65.4 Å². The Morgan fingerprint density at radius 3 is 2.12 bits per heavy atom. The molecule has 4 rings (SSSR count). The van der Waals surface area contributed by atoms with Gasteiger partial charge >= 0.3 is 0 Å². The zero-order chi connectivity index (χ0) is 22.7. The molecule has 1 fully saturated rings. The Morgan fingerprint density at radius 2 is 1.53 bits per heavy atom. The van der Waals surface area contributed by atoms with Crippen molar-refractivity contribution >= 4 is 23.1 Å². The topological polar surface area (TPSA) is 49.9 Å². The Balaban J connectivity index is 1.70. The molecule has 5 nitrogen and oxygen atoms in total. The SMILES string of the molecule is CCc1ccc(N2C(=O)C(c3ccc(OCC(C)C)cc3)=C(N3CCCCC3)C2=O)cc1. The summed E-state index contributed by atoms with van der Waals surface area (Å²) in [7, 11) is 0. The van der Waals surface area contributed by atoms with Crippen molar-refractivity contribution in [1.29, 1.82) is 0 Å². The molecule has 168 valence electrons. The molecule has 0 atom stereocenters. The van der Waals surface area contributed by atoms with Crippen LogP contribution in [0.3, 0.4) is 0 Å². The molecule has 2 heterocycles. The summed E-state index contributed by atoms with van der Waals surface area (Å²) < 4.78 is 5.80. The van der Waals surface area contributed by atoms with Crippen molar-refractivity contribution < 1.29 is 14.3 Å². The van der Waals surface area contributed by atoms with Crippen LogP contribution in [0.15, 0.2) is 54.2 Å². The molecule has 0 radical (unpaired) electrons. The van der Waals surface area contributed by atoms with E-state index in [-0.39, 0.29) is 11.8 Å². The second-order valence-corrected chi connectivity index (χ2v) is 8.97. The number of hydrogen-bond acceptors (Lipinski definition) is 4. The van der Waals surface area contributed by atoms with E-state index in [1.807, 2.05) is 48.5 Å². The molecule has 0 aliphatic carbocycles. The minimum absolute atomic E-state index is 0.226. The number of piperidine rings is 1. The Morgan fingerprint density at radius 1 is 0.875 bits per heavy atom. The lowest BCUT2D eigenvalue weighted by molar-refractivity contribution is -0.120. The number of carbonyl (C=O) groups is 2. The van der Waals surface area contributed by atoms with Gasteiger partial charge in [0.1, 0.15) is 11.4 Å². The number of rotatable bonds is 7. The molecule has 1 saturated heterocycles. The predicted octanol–water partition coefficient (Wildman–Crippen LogP) is 5.05. The van der Waals surface area contributed by atoms with E-state index >= 15 is 0 Å². The van der Waals surface area contributed by atoms with E-state index in [0.29, 0.717) is 29.5 Å². The van der Waals surface area contributed by atoms with Gasteiger partial charge in [-0.05, 0) is 67.0 Å². The summed E-state index contributed by atoms with van der Waals surface area (Å²) >= 11 is 0. The molecule has 2 aromatic carbocycles. The van der Waals surface area contributed by atoms with Gasteiger partial charge in [0.2, 0.25) is 0 Å². The second kappa shape index (κ2) is 9.60. The fourth-order valence-electron chi connectivity index (χ4n) is 4.29. The van der Waals surface area contributed by atoms with Gasteiger partial charge in [0, 0.05) is 13.1 Å². The molecule has 0 N–H and O–H groups in total. The molecule has 2 aliphatic rings. The summed E-state index contributed by atoms with van der Waals surface area (Å²) in [4.78, 5) is 30.6. The summed E-state index contributed by atoms with van der Waals surface area (Å²) in [5.74, 6) is 0.725. The molecular formula is C27H32N2O3. The molecule has 2 aromatic rings. The number of carbonyl (C=O) groups excluding carboxylic acids is 2. The standard InChI is InChI=1S/C27H32N2O3/c1-4-20-8-12-22(13-9-20)29-26(30)24(25(27(29)31)28-16-6-5-7-17-28)21-10-14-23(15-11-21)32-18-19(2)3/h8-15,19H,4-7,16-18H2,1-3H3. The first-order valence-corrected chi connectivity index (χ1v) is 11.7. The second-order valence-electron chi connectivity index (χ2n) is 8.97. The lowest BCUT2D eigenvalue weighted by Gasteiger charge is -2.29. The van der Waals surface area contributed by atoms with E-state index in [1.54, 1.807) is 0 Å². The number of nitrogens with zero attached hydrogens (tertiary/aromatic N) is 2. The molecule has 0 saturated carbocycles. The first kappa shape index (κ1) is 22.1. The van der Waals surface area contributed by atoms with Crippen LogP contribution in [0.25, 0.3) is 5.57 Å². The van der Waals surface area contributed by atoms with Gasteiger partial charge in [-0.15, -0.1) is 0 Å². The van der Waals surface area contributed by atoms with Gasteiger partial charge in [-0.25, -0.2) is 4.90 Å². The number of imide groups is 1. The smallest absolute Gasteiger partial charge is 0.282 e. The fourth-order valence-corrected chi connectivity index (χ4v) is 4.29. The summed E-state index contributed by atoms with van der Waals surface area (Å²) in [5, 5.41) is 0. The van der Waals surface area contributed by atoms with Crippen LogP contribution in [0, 0.1) is 5.92 Å². The highest BCUT2D eigenvalue weighted by molar-refractivity contribution is 6.45. The lowest BCUT2D eigenvalue weighted by atomic mass is 10.0. The molecule has 0 spiro atoms. The van der Waals surface area contributed by atoms with Crippen molar-refractivity contribution in [1.82, 2.24) is 4.90 Å². The van der Waals surface area contributed by atoms with Crippen LogP contribution in [0.4, 0.5) is 5.69 Å². The van der Waals surface area contributed by atoms with Crippen molar-refractivity contribution in [3.63, 3.8) is 0 Å². The highest BCUT2D eigenvalue weighted by Gasteiger charge is 2.42. The molecule has 0 unspecified atom stereocenters. The molecule has 2 aliphatic heterocycles. The number of amides is 2. The number of benzene rings is 2. The first-order chi connectivity index (χ1) is 15.5. The van der Waals surface area contributed by atoms with Crippen LogP contribution in [0.2, 0.25) is 0 Å². The fraction of sp³-hybridized carbons (Fsp3) is 0.407. The number of ether oxygens (including phenoxy) is 1. The largest absolute Gasteiger partial charge is 0.493 e. The lowest BCUT2D eigenvalue weighted by Crippen LogP contribution is -2.37. The van der Waals surface area contributed by atoms with Gasteiger partial charge in [0.15, 0.2) is 0 Å². The Kier molecular flexibility index (Phi) is 6.63. The van der Waals surface area contributed by atoms with E-state index < -0.39 is 0 Å². The van der Waals surface area contributed by atoms with E-state index in [1.165, 1.54) is 10.5 Å².